The molecule has 1 rings (SSSR count). The molecule has 0 aliphatic carbocycles. The lowest BCUT2D eigenvalue weighted by atomic mass is 9.87. The molecular formula is C42H86N2O5S. The minimum absolute atomic E-state index is 0.174. The Kier molecular flexibility index (Phi) is 34.5. The molecule has 0 aromatic heterocycles. The van der Waals surface area contributed by atoms with Crippen LogP contribution in [0.5, 0.6) is 5.75 Å². The van der Waals surface area contributed by atoms with Gasteiger partial charge in [-0.2, -0.15) is 0 Å². The Labute approximate surface area is 313 Å². The van der Waals surface area contributed by atoms with Crippen LogP contribution in [0.15, 0.2) is 24.3 Å². The number of aromatic hydroxyl groups is 1. The first kappa shape index (κ1) is 53.2. The van der Waals surface area contributed by atoms with Crippen LogP contribution < -0.4 is 0 Å². The highest BCUT2D eigenvalue weighted by molar-refractivity contribution is 7.79. The summed E-state index contributed by atoms with van der Waals surface area (Å²) in [6, 6.07) is 7.35. The molecule has 0 fully saturated rings. The summed E-state index contributed by atoms with van der Waals surface area (Å²) < 4.78 is 36.9. The second-order valence-electron chi connectivity index (χ2n) is 15.5. The maximum absolute atomic E-state index is 9.02. The number of phenols is 1. The zero-order valence-electron chi connectivity index (χ0n) is 35.2. The van der Waals surface area contributed by atoms with Gasteiger partial charge in [-0.3, -0.25) is 8.42 Å². The number of benzene rings is 1. The van der Waals surface area contributed by atoms with E-state index in [1.54, 1.807) is 12.1 Å². The van der Waals surface area contributed by atoms with Gasteiger partial charge in [-0.25, -0.2) is 0 Å². The predicted molar refractivity (Wildman–Crippen MR) is 216 cm³/mol. The van der Waals surface area contributed by atoms with Crippen LogP contribution in [0.1, 0.15) is 184 Å². The molecule has 0 saturated heterocycles. The lowest BCUT2D eigenvalue weighted by molar-refractivity contribution is -0.929. The Bertz CT molecular complexity index is 842. The van der Waals surface area contributed by atoms with Gasteiger partial charge < -0.3 is 23.2 Å². The summed E-state index contributed by atoms with van der Waals surface area (Å²) in [5, 5.41) is 9.02. The molecule has 50 heavy (non-hydrogen) atoms. The number of nitrogens with zero attached hydrogens (tertiary/aromatic N) is 2. The van der Waals surface area contributed by atoms with Crippen LogP contribution in [0.2, 0.25) is 0 Å². The molecule has 0 spiro atoms. The summed E-state index contributed by atoms with van der Waals surface area (Å²) >= 11 is 0. The largest absolute Gasteiger partial charge is 0.759 e. The highest BCUT2D eigenvalue weighted by atomic mass is 32.3. The molecule has 300 valence electrons. The maximum Gasteiger partial charge on any atom is 0.115 e. The van der Waals surface area contributed by atoms with Gasteiger partial charge in [0, 0.05) is 10.4 Å². The van der Waals surface area contributed by atoms with Crippen molar-refractivity contribution < 1.29 is 31.6 Å². The van der Waals surface area contributed by atoms with Crippen LogP contribution in [-0.4, -0.2) is 84.0 Å². The van der Waals surface area contributed by atoms with E-state index in [1.165, 1.54) is 170 Å². The third-order valence-electron chi connectivity index (χ3n) is 9.62. The predicted octanol–water partition coefficient (Wildman–Crippen LogP) is 11.4. The standard InChI is InChI=1S/2C16H36N.C10H14O.H2O4S/c2*1-5-9-13-17(14-10-6-2,15-11-7-3)16-12-8-4;1-10(2,3)8-4-6-9(11)7-5-8;1-5(2,3)4/h2*5-16H2,1-4H3;4-7,11H,1-3H3;(H2,1,2,3,4)/q2*+1;;/p-2. The molecule has 0 heterocycles. The zero-order valence-corrected chi connectivity index (χ0v) is 36.0. The molecule has 7 nitrogen and oxygen atoms in total. The van der Waals surface area contributed by atoms with Crippen molar-refractivity contribution in [2.24, 2.45) is 0 Å². The van der Waals surface area contributed by atoms with Gasteiger partial charge in [0.25, 0.3) is 0 Å². The second kappa shape index (κ2) is 32.5. The van der Waals surface area contributed by atoms with E-state index >= 15 is 0 Å². The number of hydrogen-bond donors (Lipinski definition) is 1. The molecule has 0 amide bonds. The average molecular weight is 731 g/mol. The summed E-state index contributed by atoms with van der Waals surface area (Å²) in [6.45, 7) is 36.5. The molecule has 0 saturated carbocycles. The van der Waals surface area contributed by atoms with Crippen molar-refractivity contribution in [3.63, 3.8) is 0 Å². The molecule has 0 atom stereocenters. The third-order valence-corrected chi connectivity index (χ3v) is 9.62. The minimum atomic E-state index is -5.17. The molecule has 0 aliphatic heterocycles. The SMILES string of the molecule is CC(C)(C)c1ccc(O)cc1.CCCC[N+](CCCC)(CCCC)CCCC.CCCC[N+](CCCC)(CCCC)CCCC.O=S(=O)([O-])[O-]. The van der Waals surface area contributed by atoms with Gasteiger partial charge in [0.05, 0.1) is 52.4 Å². The van der Waals surface area contributed by atoms with Crippen LogP contribution in [0.25, 0.3) is 0 Å². The summed E-state index contributed by atoms with van der Waals surface area (Å²) in [4.78, 5) is 0. The Morgan fingerprint density at radius 2 is 0.660 bits per heavy atom. The molecule has 1 N–H and O–H groups in total. The summed E-state index contributed by atoms with van der Waals surface area (Å²) in [5.41, 5.74) is 1.42. The van der Waals surface area contributed by atoms with E-state index in [4.69, 9.17) is 22.6 Å². The number of phenolic OH excluding ortho intramolecular Hbond substituents is 1. The lowest BCUT2D eigenvalue weighted by Gasteiger charge is -2.39. The first-order valence-electron chi connectivity index (χ1n) is 20.6. The fourth-order valence-corrected chi connectivity index (χ4v) is 6.25. The Morgan fingerprint density at radius 3 is 0.800 bits per heavy atom. The van der Waals surface area contributed by atoms with E-state index < -0.39 is 10.4 Å². The van der Waals surface area contributed by atoms with E-state index in [9.17, 15) is 0 Å². The molecule has 1 aromatic carbocycles. The molecule has 8 heteroatoms. The molecule has 0 bridgehead atoms. The van der Waals surface area contributed by atoms with Crippen LogP contribution in [0.4, 0.5) is 0 Å². The molecule has 0 aliphatic rings. The highest BCUT2D eigenvalue weighted by Crippen LogP contribution is 2.23. The number of unbranched alkanes of at least 4 members (excludes halogenated alkanes) is 8. The Morgan fingerprint density at radius 1 is 0.480 bits per heavy atom. The van der Waals surface area contributed by atoms with Gasteiger partial charge in [0.1, 0.15) is 5.75 Å². The number of rotatable bonds is 24. The monoisotopic (exact) mass is 731 g/mol. The summed E-state index contributed by atoms with van der Waals surface area (Å²) in [6.07, 6.45) is 22.1. The third kappa shape index (κ3) is 32.7. The van der Waals surface area contributed by atoms with Gasteiger partial charge >= 0.3 is 0 Å². The van der Waals surface area contributed by atoms with E-state index in [1.807, 2.05) is 12.1 Å². The maximum atomic E-state index is 9.02. The molecule has 0 unspecified atom stereocenters. The van der Waals surface area contributed by atoms with Gasteiger partial charge in [-0.15, -0.1) is 0 Å². The van der Waals surface area contributed by atoms with E-state index in [-0.39, 0.29) is 5.41 Å². The lowest BCUT2D eigenvalue weighted by Crippen LogP contribution is -2.50. The van der Waals surface area contributed by atoms with Crippen molar-refractivity contribution >= 4 is 10.4 Å². The average Bonchev–Trinajstić information content (AvgIpc) is 3.06. The van der Waals surface area contributed by atoms with Crippen molar-refractivity contribution in [2.75, 3.05) is 52.4 Å². The second-order valence-corrected chi connectivity index (χ2v) is 16.3. The number of hydrogen-bond acceptors (Lipinski definition) is 5. The van der Waals surface area contributed by atoms with E-state index in [0.29, 0.717) is 5.75 Å². The quantitative estimate of drug-likeness (QED) is 0.0648. The Hall–Kier alpha value is -1.19. The van der Waals surface area contributed by atoms with Gasteiger partial charge in [0.15, 0.2) is 0 Å². The first-order valence-corrected chi connectivity index (χ1v) is 22.0. The molecule has 1 aromatic rings. The van der Waals surface area contributed by atoms with Crippen molar-refractivity contribution in [1.82, 2.24) is 0 Å². The smallest absolute Gasteiger partial charge is 0.115 e. The topological polar surface area (TPSA) is 100 Å². The fraction of sp³-hybridized carbons (Fsp3) is 0.857. The van der Waals surface area contributed by atoms with E-state index in [2.05, 4.69) is 76.2 Å². The number of quaternary nitrogens is 2. The van der Waals surface area contributed by atoms with Crippen LogP contribution in [0, 0.1) is 0 Å². The van der Waals surface area contributed by atoms with E-state index in [0.717, 1.165) is 0 Å². The van der Waals surface area contributed by atoms with Crippen molar-refractivity contribution in [2.45, 2.75) is 184 Å². The highest BCUT2D eigenvalue weighted by Gasteiger charge is 2.25. The van der Waals surface area contributed by atoms with Gasteiger partial charge in [0.2, 0.25) is 0 Å². The van der Waals surface area contributed by atoms with Crippen molar-refractivity contribution in [1.29, 1.82) is 0 Å². The summed E-state index contributed by atoms with van der Waals surface area (Å²) in [7, 11) is -5.17. The van der Waals surface area contributed by atoms with Crippen LogP contribution >= 0.6 is 0 Å². The molecule has 0 radical (unpaired) electrons. The summed E-state index contributed by atoms with van der Waals surface area (Å²) in [5.74, 6) is 0.331. The Balaban J connectivity index is -0.000000630. The molecular weight excluding hydrogens is 645 g/mol. The van der Waals surface area contributed by atoms with Crippen molar-refractivity contribution in [3.8, 4) is 5.75 Å². The van der Waals surface area contributed by atoms with Gasteiger partial charge in [-0.1, -0.05) is 140 Å². The first-order chi connectivity index (χ1) is 23.5. The normalized spacial score (nSPS) is 11.9. The van der Waals surface area contributed by atoms with Crippen molar-refractivity contribution in [3.05, 3.63) is 29.8 Å². The minimum Gasteiger partial charge on any atom is -0.759 e. The fourth-order valence-electron chi connectivity index (χ4n) is 6.25. The van der Waals surface area contributed by atoms with Crippen LogP contribution in [0.3, 0.4) is 0 Å². The van der Waals surface area contributed by atoms with Crippen LogP contribution in [-0.2, 0) is 15.8 Å². The van der Waals surface area contributed by atoms with Gasteiger partial charge in [-0.05, 0) is 74.5 Å². The zero-order chi connectivity index (χ0) is 39.0.